The summed E-state index contributed by atoms with van der Waals surface area (Å²) in [5.41, 5.74) is 1.93. The van der Waals surface area contributed by atoms with E-state index in [4.69, 9.17) is 11.6 Å². The first-order valence-electron chi connectivity index (χ1n) is 6.01. The van der Waals surface area contributed by atoms with Crippen LogP contribution in [-0.2, 0) is 10.5 Å². The van der Waals surface area contributed by atoms with Gasteiger partial charge in [0.25, 0.3) is 0 Å². The van der Waals surface area contributed by atoms with Gasteiger partial charge in [0.1, 0.15) is 0 Å². The molecule has 0 aliphatic heterocycles. The number of rotatable bonds is 5. The van der Waals surface area contributed by atoms with Crippen LogP contribution in [0.15, 0.2) is 53.0 Å². The number of benzene rings is 2. The van der Waals surface area contributed by atoms with Crippen molar-refractivity contribution < 1.29 is 4.79 Å². The van der Waals surface area contributed by atoms with Gasteiger partial charge in [0.2, 0.25) is 5.91 Å². The lowest BCUT2D eigenvalue weighted by Gasteiger charge is -2.05. The molecule has 0 saturated heterocycles. The summed E-state index contributed by atoms with van der Waals surface area (Å²) in [5.74, 6) is 1.19. The normalized spacial score (nSPS) is 10.3. The lowest BCUT2D eigenvalue weighted by atomic mass is 10.2. The Labute approximate surface area is 136 Å². The van der Waals surface area contributed by atoms with Gasteiger partial charge < -0.3 is 5.32 Å². The average molecular weight is 371 g/mol. The van der Waals surface area contributed by atoms with Crippen molar-refractivity contribution in [3.63, 3.8) is 0 Å². The summed E-state index contributed by atoms with van der Waals surface area (Å²) in [4.78, 5) is 11.8. The summed E-state index contributed by atoms with van der Waals surface area (Å²) >= 11 is 10.8. The fourth-order valence-electron chi connectivity index (χ4n) is 1.62. The number of amides is 1. The first-order valence-corrected chi connectivity index (χ1v) is 8.33. The molecular weight excluding hydrogens is 358 g/mol. The molecule has 2 nitrogen and oxygen atoms in total. The smallest absolute Gasteiger partial charge is 0.234 e. The van der Waals surface area contributed by atoms with Crippen molar-refractivity contribution in [3.05, 3.63) is 63.6 Å². The minimum Gasteiger partial charge on any atom is -0.325 e. The molecule has 0 aliphatic carbocycles. The molecule has 0 radical (unpaired) electrons. The van der Waals surface area contributed by atoms with Crippen molar-refractivity contribution >= 4 is 50.9 Å². The van der Waals surface area contributed by atoms with Crippen molar-refractivity contribution in [2.75, 3.05) is 11.1 Å². The van der Waals surface area contributed by atoms with Gasteiger partial charge in [-0.3, -0.25) is 4.79 Å². The second-order valence-corrected chi connectivity index (χ2v) is 6.52. The van der Waals surface area contributed by atoms with Crippen LogP contribution in [0.3, 0.4) is 0 Å². The summed E-state index contributed by atoms with van der Waals surface area (Å²) < 4.78 is 0.992. The van der Waals surface area contributed by atoms with Gasteiger partial charge in [-0.1, -0.05) is 39.7 Å². The Morgan fingerprint density at radius 1 is 1.20 bits per heavy atom. The molecule has 0 fully saturated rings. The van der Waals surface area contributed by atoms with Crippen LogP contribution in [-0.4, -0.2) is 11.7 Å². The third kappa shape index (κ3) is 5.19. The Hall–Kier alpha value is -0.970. The maximum absolute atomic E-state index is 11.8. The highest BCUT2D eigenvalue weighted by Gasteiger charge is 2.03. The fourth-order valence-corrected chi connectivity index (χ4v) is 2.87. The lowest BCUT2D eigenvalue weighted by molar-refractivity contribution is -0.113. The Bertz CT molecular complexity index is 589. The molecule has 5 heteroatoms. The van der Waals surface area contributed by atoms with Crippen LogP contribution >= 0.6 is 39.3 Å². The lowest BCUT2D eigenvalue weighted by Crippen LogP contribution is -2.14. The van der Waals surface area contributed by atoms with E-state index in [9.17, 15) is 4.79 Å². The molecule has 2 aromatic rings. The van der Waals surface area contributed by atoms with Gasteiger partial charge in [0.05, 0.1) is 5.75 Å². The Morgan fingerprint density at radius 3 is 2.65 bits per heavy atom. The fraction of sp³-hybridized carbons (Fsp3) is 0.133. The third-order valence-electron chi connectivity index (χ3n) is 2.52. The van der Waals surface area contributed by atoms with Crippen LogP contribution in [0, 0.1) is 0 Å². The molecule has 0 aromatic heterocycles. The van der Waals surface area contributed by atoms with E-state index >= 15 is 0 Å². The molecule has 0 atom stereocenters. The molecule has 0 heterocycles. The van der Waals surface area contributed by atoms with Crippen molar-refractivity contribution in [3.8, 4) is 0 Å². The highest BCUT2D eigenvalue weighted by atomic mass is 79.9. The molecule has 1 amide bonds. The van der Waals surface area contributed by atoms with E-state index in [1.165, 1.54) is 0 Å². The Kier molecular flexibility index (Phi) is 5.95. The van der Waals surface area contributed by atoms with Gasteiger partial charge in [-0.2, -0.15) is 0 Å². The van der Waals surface area contributed by atoms with Crippen molar-refractivity contribution in [1.29, 1.82) is 0 Å². The van der Waals surface area contributed by atoms with Gasteiger partial charge >= 0.3 is 0 Å². The molecule has 0 spiro atoms. The predicted molar refractivity (Wildman–Crippen MR) is 90.4 cm³/mol. The van der Waals surface area contributed by atoms with Crippen molar-refractivity contribution in [2.24, 2.45) is 0 Å². The van der Waals surface area contributed by atoms with Crippen LogP contribution in [0.4, 0.5) is 5.69 Å². The highest BCUT2D eigenvalue weighted by Crippen LogP contribution is 2.17. The zero-order chi connectivity index (χ0) is 14.4. The highest BCUT2D eigenvalue weighted by molar-refractivity contribution is 9.10. The molecule has 0 unspecified atom stereocenters. The van der Waals surface area contributed by atoms with Gasteiger partial charge in [0.15, 0.2) is 0 Å². The number of hydrogen-bond acceptors (Lipinski definition) is 2. The maximum atomic E-state index is 11.8. The molecule has 1 N–H and O–H groups in total. The zero-order valence-corrected chi connectivity index (χ0v) is 13.8. The largest absolute Gasteiger partial charge is 0.325 e. The first-order chi connectivity index (χ1) is 9.63. The monoisotopic (exact) mass is 369 g/mol. The van der Waals surface area contributed by atoms with E-state index in [0.717, 1.165) is 26.5 Å². The summed E-state index contributed by atoms with van der Waals surface area (Å²) in [6.07, 6.45) is 0. The van der Waals surface area contributed by atoms with E-state index in [1.807, 2.05) is 48.5 Å². The summed E-state index contributed by atoms with van der Waals surface area (Å²) in [6, 6.07) is 15.2. The van der Waals surface area contributed by atoms with Crippen LogP contribution in [0.25, 0.3) is 0 Å². The van der Waals surface area contributed by atoms with Crippen molar-refractivity contribution in [1.82, 2.24) is 0 Å². The molecular formula is C15H13BrClNOS. The molecule has 20 heavy (non-hydrogen) atoms. The Morgan fingerprint density at radius 2 is 1.95 bits per heavy atom. The second-order valence-electron chi connectivity index (χ2n) is 4.18. The van der Waals surface area contributed by atoms with Crippen LogP contribution in [0.2, 0.25) is 5.02 Å². The molecule has 2 aromatic carbocycles. The Balaban J connectivity index is 1.76. The number of hydrogen-bond donors (Lipinski definition) is 1. The average Bonchev–Trinajstić information content (AvgIpc) is 2.41. The van der Waals surface area contributed by atoms with Gasteiger partial charge in [0, 0.05) is 20.9 Å². The maximum Gasteiger partial charge on any atom is 0.234 e. The number of halogens is 2. The third-order valence-corrected chi connectivity index (χ3v) is 4.29. The van der Waals surface area contributed by atoms with Gasteiger partial charge in [-0.05, 0) is 42.0 Å². The summed E-state index contributed by atoms with van der Waals surface area (Å²) in [7, 11) is 0. The zero-order valence-electron chi connectivity index (χ0n) is 10.6. The predicted octanol–water partition coefficient (Wildman–Crippen LogP) is 4.97. The standard InChI is InChI=1S/C15H13BrClNOS/c16-12-4-6-14(7-5-12)18-15(19)10-20-9-11-2-1-3-13(17)8-11/h1-8H,9-10H2,(H,18,19). The van der Waals surface area contributed by atoms with E-state index in [0.29, 0.717) is 5.75 Å². The number of thioether (sulfide) groups is 1. The number of anilines is 1. The van der Waals surface area contributed by atoms with E-state index in [2.05, 4.69) is 21.2 Å². The molecule has 2 rings (SSSR count). The molecule has 104 valence electrons. The minimum absolute atomic E-state index is 0.000601. The summed E-state index contributed by atoms with van der Waals surface area (Å²) in [5, 5.41) is 3.58. The van der Waals surface area contributed by atoms with Crippen LogP contribution in [0.1, 0.15) is 5.56 Å². The number of nitrogens with one attached hydrogen (secondary N) is 1. The number of carbonyl (C=O) groups excluding carboxylic acids is 1. The topological polar surface area (TPSA) is 29.1 Å². The van der Waals surface area contributed by atoms with Crippen LogP contribution < -0.4 is 5.32 Å². The van der Waals surface area contributed by atoms with Crippen LogP contribution in [0.5, 0.6) is 0 Å². The van der Waals surface area contributed by atoms with Crippen molar-refractivity contribution in [2.45, 2.75) is 5.75 Å². The van der Waals surface area contributed by atoms with E-state index in [-0.39, 0.29) is 5.91 Å². The molecule has 0 bridgehead atoms. The SMILES string of the molecule is O=C(CSCc1cccc(Cl)c1)Nc1ccc(Br)cc1. The van der Waals surface area contributed by atoms with E-state index < -0.39 is 0 Å². The molecule has 0 saturated carbocycles. The van der Waals surface area contributed by atoms with Gasteiger partial charge in [-0.15, -0.1) is 11.8 Å². The minimum atomic E-state index is -0.000601. The molecule has 0 aliphatic rings. The summed E-state index contributed by atoms with van der Waals surface area (Å²) in [6.45, 7) is 0. The quantitative estimate of drug-likeness (QED) is 0.804. The van der Waals surface area contributed by atoms with E-state index in [1.54, 1.807) is 11.8 Å². The second kappa shape index (κ2) is 7.72. The first kappa shape index (κ1) is 15.4. The van der Waals surface area contributed by atoms with Gasteiger partial charge in [-0.25, -0.2) is 0 Å². The number of carbonyl (C=O) groups is 1.